The zero-order valence-electron chi connectivity index (χ0n) is 11.1. The third-order valence-corrected chi connectivity index (χ3v) is 2.52. The lowest BCUT2D eigenvalue weighted by atomic mass is 10.2. The highest BCUT2D eigenvalue weighted by Gasteiger charge is 2.15. The minimum atomic E-state index is -0.425. The Labute approximate surface area is 104 Å². The van der Waals surface area contributed by atoms with Crippen LogP contribution >= 0.6 is 0 Å². The maximum absolute atomic E-state index is 11.3. The Balaban J connectivity index is 1.94. The summed E-state index contributed by atoms with van der Waals surface area (Å²) in [6, 6.07) is 0.594. The first-order valence-electron chi connectivity index (χ1n) is 6.38. The van der Waals surface area contributed by atoms with Crippen molar-refractivity contribution < 1.29 is 9.53 Å². The topological polar surface area (TPSA) is 62.4 Å². The van der Waals surface area contributed by atoms with E-state index in [4.69, 9.17) is 4.74 Å². The number of ether oxygens (including phenoxy) is 1. The number of alkyl carbamates (subject to hydrolysis) is 1. The second kappa shape index (κ2) is 6.81. The van der Waals surface area contributed by atoms with Gasteiger partial charge in [0.05, 0.1) is 0 Å². The van der Waals surface area contributed by atoms with Crippen LogP contribution in [0.4, 0.5) is 4.79 Å². The lowest BCUT2D eigenvalue weighted by Crippen LogP contribution is -2.39. The molecule has 1 aliphatic rings. The van der Waals surface area contributed by atoms with Gasteiger partial charge in [0, 0.05) is 25.7 Å². The second-order valence-corrected chi connectivity index (χ2v) is 5.43. The van der Waals surface area contributed by atoms with Gasteiger partial charge in [-0.1, -0.05) is 0 Å². The van der Waals surface area contributed by atoms with E-state index >= 15 is 0 Å². The van der Waals surface area contributed by atoms with E-state index in [0.717, 1.165) is 19.6 Å². The Bertz CT molecular complexity index is 232. The minimum absolute atomic E-state index is 0.349. The molecule has 0 aromatic carbocycles. The summed E-state index contributed by atoms with van der Waals surface area (Å²) in [5.41, 5.74) is -0.425. The van der Waals surface area contributed by atoms with Crippen LogP contribution < -0.4 is 16.0 Å². The highest BCUT2D eigenvalue weighted by molar-refractivity contribution is 5.67. The van der Waals surface area contributed by atoms with Gasteiger partial charge < -0.3 is 20.7 Å². The van der Waals surface area contributed by atoms with Crippen molar-refractivity contribution in [1.29, 1.82) is 0 Å². The van der Waals surface area contributed by atoms with Crippen LogP contribution in [0.2, 0.25) is 0 Å². The summed E-state index contributed by atoms with van der Waals surface area (Å²) in [5.74, 6) is 0. The van der Waals surface area contributed by atoms with Crippen LogP contribution in [0.15, 0.2) is 0 Å². The van der Waals surface area contributed by atoms with E-state index in [1.54, 1.807) is 0 Å². The smallest absolute Gasteiger partial charge is 0.407 e. The van der Waals surface area contributed by atoms with Crippen LogP contribution in [0, 0.1) is 0 Å². The first-order valence-corrected chi connectivity index (χ1v) is 6.38. The molecule has 0 aromatic rings. The molecule has 1 heterocycles. The van der Waals surface area contributed by atoms with E-state index in [1.165, 1.54) is 12.8 Å². The number of amides is 1. The fraction of sp³-hybridized carbons (Fsp3) is 0.917. The van der Waals surface area contributed by atoms with Crippen LogP contribution in [-0.2, 0) is 4.74 Å². The maximum Gasteiger partial charge on any atom is 0.407 e. The number of hydrogen-bond donors (Lipinski definition) is 3. The molecule has 1 amide bonds. The molecular formula is C12H25N3O2. The van der Waals surface area contributed by atoms with Crippen molar-refractivity contribution >= 4 is 6.09 Å². The SMILES string of the molecule is CC(C)(C)OC(=O)NCCNCC1CCCN1. The van der Waals surface area contributed by atoms with Crippen LogP contribution in [0.3, 0.4) is 0 Å². The molecule has 3 N–H and O–H groups in total. The molecule has 100 valence electrons. The van der Waals surface area contributed by atoms with Gasteiger partial charge in [-0.15, -0.1) is 0 Å². The molecule has 1 saturated heterocycles. The van der Waals surface area contributed by atoms with Crippen LogP contribution in [0.25, 0.3) is 0 Å². The zero-order chi connectivity index (χ0) is 12.7. The van der Waals surface area contributed by atoms with Gasteiger partial charge in [-0.3, -0.25) is 0 Å². The monoisotopic (exact) mass is 243 g/mol. The van der Waals surface area contributed by atoms with Crippen molar-refractivity contribution in [1.82, 2.24) is 16.0 Å². The Morgan fingerprint density at radius 2 is 2.18 bits per heavy atom. The summed E-state index contributed by atoms with van der Waals surface area (Å²) in [5, 5.41) is 9.45. The third-order valence-electron chi connectivity index (χ3n) is 2.52. The number of hydrogen-bond acceptors (Lipinski definition) is 4. The van der Waals surface area contributed by atoms with Gasteiger partial charge in [0.1, 0.15) is 5.60 Å². The Morgan fingerprint density at radius 1 is 1.41 bits per heavy atom. The van der Waals surface area contributed by atoms with Gasteiger partial charge >= 0.3 is 6.09 Å². The number of carbonyl (C=O) groups is 1. The van der Waals surface area contributed by atoms with Crippen LogP contribution in [-0.4, -0.2) is 43.9 Å². The van der Waals surface area contributed by atoms with E-state index in [2.05, 4.69) is 16.0 Å². The molecular weight excluding hydrogens is 218 g/mol. The van der Waals surface area contributed by atoms with Gasteiger partial charge in [0.2, 0.25) is 0 Å². The van der Waals surface area contributed by atoms with Crippen molar-refractivity contribution in [3.05, 3.63) is 0 Å². The lowest BCUT2D eigenvalue weighted by Gasteiger charge is -2.19. The molecule has 0 saturated carbocycles. The molecule has 1 aliphatic heterocycles. The van der Waals surface area contributed by atoms with E-state index in [-0.39, 0.29) is 6.09 Å². The Hall–Kier alpha value is -0.810. The van der Waals surface area contributed by atoms with Crippen LogP contribution in [0.1, 0.15) is 33.6 Å². The van der Waals surface area contributed by atoms with Crippen molar-refractivity contribution in [2.45, 2.75) is 45.3 Å². The Morgan fingerprint density at radius 3 is 2.76 bits per heavy atom. The van der Waals surface area contributed by atoms with E-state index < -0.39 is 5.60 Å². The fourth-order valence-corrected chi connectivity index (χ4v) is 1.77. The molecule has 5 heteroatoms. The molecule has 1 fully saturated rings. The van der Waals surface area contributed by atoms with Crippen LogP contribution in [0.5, 0.6) is 0 Å². The van der Waals surface area contributed by atoms with Gasteiger partial charge in [-0.25, -0.2) is 4.79 Å². The van der Waals surface area contributed by atoms with Crippen molar-refractivity contribution in [3.8, 4) is 0 Å². The zero-order valence-corrected chi connectivity index (χ0v) is 11.1. The molecule has 1 unspecified atom stereocenters. The molecule has 0 aromatic heterocycles. The molecule has 1 rings (SSSR count). The molecule has 5 nitrogen and oxygen atoms in total. The Kier molecular flexibility index (Phi) is 5.71. The number of carbonyl (C=O) groups excluding carboxylic acids is 1. The average molecular weight is 243 g/mol. The number of nitrogens with one attached hydrogen (secondary N) is 3. The molecule has 0 radical (unpaired) electrons. The second-order valence-electron chi connectivity index (χ2n) is 5.43. The molecule has 0 aliphatic carbocycles. The summed E-state index contributed by atoms with van der Waals surface area (Å²) in [6.45, 7) is 9.04. The third kappa shape index (κ3) is 7.18. The molecule has 0 spiro atoms. The first-order chi connectivity index (χ1) is 7.97. The molecule has 0 bridgehead atoms. The van der Waals surface area contributed by atoms with Gasteiger partial charge in [0.25, 0.3) is 0 Å². The maximum atomic E-state index is 11.3. The summed E-state index contributed by atoms with van der Waals surface area (Å²) in [6.07, 6.45) is 2.16. The average Bonchev–Trinajstić information content (AvgIpc) is 2.67. The summed E-state index contributed by atoms with van der Waals surface area (Å²) in [7, 11) is 0. The summed E-state index contributed by atoms with van der Waals surface area (Å²) >= 11 is 0. The van der Waals surface area contributed by atoms with Crippen molar-refractivity contribution in [3.63, 3.8) is 0 Å². The lowest BCUT2D eigenvalue weighted by molar-refractivity contribution is 0.0528. The largest absolute Gasteiger partial charge is 0.444 e. The van der Waals surface area contributed by atoms with Gasteiger partial charge in [0.15, 0.2) is 0 Å². The van der Waals surface area contributed by atoms with Gasteiger partial charge in [-0.05, 0) is 40.2 Å². The highest BCUT2D eigenvalue weighted by atomic mass is 16.6. The number of rotatable bonds is 5. The fourth-order valence-electron chi connectivity index (χ4n) is 1.77. The van der Waals surface area contributed by atoms with E-state index in [9.17, 15) is 4.79 Å². The minimum Gasteiger partial charge on any atom is -0.444 e. The quantitative estimate of drug-likeness (QED) is 0.627. The summed E-state index contributed by atoms with van der Waals surface area (Å²) < 4.78 is 5.13. The first kappa shape index (κ1) is 14.3. The van der Waals surface area contributed by atoms with E-state index in [1.807, 2.05) is 20.8 Å². The molecule has 1 atom stereocenters. The predicted molar refractivity (Wildman–Crippen MR) is 68.1 cm³/mol. The highest BCUT2D eigenvalue weighted by Crippen LogP contribution is 2.06. The standard InChI is InChI=1S/C12H25N3O2/c1-12(2,3)17-11(16)15-8-7-13-9-10-5-4-6-14-10/h10,13-14H,4-9H2,1-3H3,(H,15,16). The van der Waals surface area contributed by atoms with Gasteiger partial charge in [-0.2, -0.15) is 0 Å². The summed E-state index contributed by atoms with van der Waals surface area (Å²) in [4.78, 5) is 11.3. The normalized spacial score (nSPS) is 20.3. The molecule has 17 heavy (non-hydrogen) atoms. The van der Waals surface area contributed by atoms with Crippen molar-refractivity contribution in [2.24, 2.45) is 0 Å². The van der Waals surface area contributed by atoms with E-state index in [0.29, 0.717) is 12.6 Å². The predicted octanol–water partition coefficient (Wildman–Crippen LogP) is 0.853. The van der Waals surface area contributed by atoms with Crippen molar-refractivity contribution in [2.75, 3.05) is 26.2 Å².